The van der Waals surface area contributed by atoms with Crippen LogP contribution in [-0.4, -0.2) is 20.4 Å². The lowest BCUT2D eigenvalue weighted by molar-refractivity contribution is 0.495. The average Bonchev–Trinajstić information content (AvgIpc) is 2.73. The molecule has 2 aromatic rings. The molecule has 0 aliphatic heterocycles. The van der Waals surface area contributed by atoms with Gasteiger partial charge < -0.3 is 9.73 Å². The van der Waals surface area contributed by atoms with Gasteiger partial charge in [-0.1, -0.05) is 30.3 Å². The minimum Gasteiger partial charge on any atom is -0.466 e. The van der Waals surface area contributed by atoms with Crippen LogP contribution >= 0.6 is 0 Å². The van der Waals surface area contributed by atoms with Gasteiger partial charge in [-0.15, -0.1) is 0 Å². The van der Waals surface area contributed by atoms with E-state index in [-0.39, 0.29) is 11.8 Å². The molecule has 2 rings (SSSR count). The maximum Gasteiger partial charge on any atom is 0.149 e. The second kappa shape index (κ2) is 6.45. The molecule has 0 unspecified atom stereocenters. The van der Waals surface area contributed by atoms with E-state index in [4.69, 9.17) is 4.42 Å². The maximum absolute atomic E-state index is 11.6. The van der Waals surface area contributed by atoms with Crippen molar-refractivity contribution in [2.45, 2.75) is 26.4 Å². The van der Waals surface area contributed by atoms with Gasteiger partial charge in [-0.05, 0) is 25.5 Å². The summed E-state index contributed by atoms with van der Waals surface area (Å²) in [4.78, 5) is 0. The number of aryl methyl sites for hydroxylation is 2. The molecule has 21 heavy (non-hydrogen) atoms. The summed E-state index contributed by atoms with van der Waals surface area (Å²) in [7, 11) is -3.07. The predicted molar refractivity (Wildman–Crippen MR) is 83.9 cm³/mol. The van der Waals surface area contributed by atoms with E-state index in [0.717, 1.165) is 22.6 Å². The van der Waals surface area contributed by atoms with Crippen LogP contribution < -0.4 is 5.32 Å². The van der Waals surface area contributed by atoms with E-state index in [1.165, 1.54) is 6.26 Å². The van der Waals surface area contributed by atoms with Gasteiger partial charge in [0.05, 0.1) is 5.75 Å². The van der Waals surface area contributed by atoms with Crippen molar-refractivity contribution in [1.82, 2.24) is 5.32 Å². The highest BCUT2D eigenvalue weighted by molar-refractivity contribution is 7.90. The smallest absolute Gasteiger partial charge is 0.149 e. The molecule has 1 N–H and O–H groups in total. The molecule has 0 aliphatic carbocycles. The molecule has 0 saturated heterocycles. The highest BCUT2D eigenvalue weighted by Crippen LogP contribution is 2.18. The van der Waals surface area contributed by atoms with Gasteiger partial charge >= 0.3 is 0 Å². The van der Waals surface area contributed by atoms with Crippen LogP contribution in [0.2, 0.25) is 0 Å². The van der Waals surface area contributed by atoms with Crippen molar-refractivity contribution < 1.29 is 12.8 Å². The first-order valence-electron chi connectivity index (χ1n) is 6.87. The predicted octanol–water partition coefficient (Wildman–Crippen LogP) is 2.77. The van der Waals surface area contributed by atoms with Gasteiger partial charge in [0, 0.05) is 24.4 Å². The molecular formula is C16H21NO3S. The lowest BCUT2D eigenvalue weighted by atomic mass is 10.1. The maximum atomic E-state index is 11.6. The SMILES string of the molecule is Cc1cc(CN[C@H](CS(C)(=O)=O)c2ccccc2)c(C)o1. The van der Waals surface area contributed by atoms with Crippen molar-refractivity contribution in [2.75, 3.05) is 12.0 Å². The summed E-state index contributed by atoms with van der Waals surface area (Å²) in [5.74, 6) is 1.81. The molecule has 1 aromatic carbocycles. The second-order valence-corrected chi connectivity index (χ2v) is 7.56. The number of furan rings is 1. The molecule has 0 saturated carbocycles. The van der Waals surface area contributed by atoms with Crippen molar-refractivity contribution in [3.63, 3.8) is 0 Å². The molecular weight excluding hydrogens is 286 g/mol. The molecule has 0 bridgehead atoms. The lowest BCUT2D eigenvalue weighted by Gasteiger charge is -2.18. The number of rotatable bonds is 6. The Balaban J connectivity index is 2.15. The largest absolute Gasteiger partial charge is 0.466 e. The zero-order chi connectivity index (χ0) is 15.5. The van der Waals surface area contributed by atoms with E-state index >= 15 is 0 Å². The van der Waals surface area contributed by atoms with Crippen LogP contribution in [0.25, 0.3) is 0 Å². The van der Waals surface area contributed by atoms with E-state index in [1.807, 2.05) is 50.2 Å². The Kier molecular flexibility index (Phi) is 4.85. The van der Waals surface area contributed by atoms with Crippen LogP contribution in [-0.2, 0) is 16.4 Å². The van der Waals surface area contributed by atoms with Crippen LogP contribution in [0.15, 0.2) is 40.8 Å². The minimum absolute atomic E-state index is 0.0763. The molecule has 1 heterocycles. The summed E-state index contributed by atoms with van der Waals surface area (Å²) in [5, 5.41) is 3.32. The zero-order valence-electron chi connectivity index (χ0n) is 12.6. The Labute approximate surface area is 126 Å². The van der Waals surface area contributed by atoms with Crippen molar-refractivity contribution >= 4 is 9.84 Å². The number of benzene rings is 1. The summed E-state index contributed by atoms with van der Waals surface area (Å²) in [6.07, 6.45) is 1.26. The van der Waals surface area contributed by atoms with Gasteiger partial charge in [0.2, 0.25) is 0 Å². The number of hydrogen-bond donors (Lipinski definition) is 1. The summed E-state index contributed by atoms with van der Waals surface area (Å²) in [5.41, 5.74) is 2.03. The first-order valence-corrected chi connectivity index (χ1v) is 8.93. The number of hydrogen-bond acceptors (Lipinski definition) is 4. The highest BCUT2D eigenvalue weighted by atomic mass is 32.2. The highest BCUT2D eigenvalue weighted by Gasteiger charge is 2.17. The number of sulfone groups is 1. The molecule has 5 heteroatoms. The minimum atomic E-state index is -3.07. The van der Waals surface area contributed by atoms with Crippen molar-refractivity contribution in [3.05, 3.63) is 59.0 Å². The third-order valence-corrected chi connectivity index (χ3v) is 4.29. The van der Waals surface area contributed by atoms with E-state index in [9.17, 15) is 8.42 Å². The molecule has 0 amide bonds. The van der Waals surface area contributed by atoms with Gasteiger partial charge in [-0.25, -0.2) is 8.42 Å². The van der Waals surface area contributed by atoms with Crippen LogP contribution in [0.1, 0.15) is 28.7 Å². The normalized spacial score (nSPS) is 13.3. The van der Waals surface area contributed by atoms with Gasteiger partial charge in [0.25, 0.3) is 0 Å². The summed E-state index contributed by atoms with van der Waals surface area (Å²) >= 11 is 0. The third kappa shape index (κ3) is 4.72. The Morgan fingerprint density at radius 2 is 1.86 bits per heavy atom. The Morgan fingerprint density at radius 3 is 2.38 bits per heavy atom. The first kappa shape index (κ1) is 15.8. The lowest BCUT2D eigenvalue weighted by Crippen LogP contribution is -2.27. The molecule has 1 atom stereocenters. The summed E-state index contributed by atoms with van der Waals surface area (Å²) < 4.78 is 28.8. The summed E-state index contributed by atoms with van der Waals surface area (Å²) in [6.45, 7) is 4.40. The van der Waals surface area contributed by atoms with Crippen LogP contribution in [0, 0.1) is 13.8 Å². The molecule has 0 radical (unpaired) electrons. The first-order chi connectivity index (χ1) is 9.85. The Bertz CT molecular complexity index is 690. The fraction of sp³-hybridized carbons (Fsp3) is 0.375. The van der Waals surface area contributed by atoms with Crippen molar-refractivity contribution in [3.8, 4) is 0 Å². The molecule has 0 aliphatic rings. The third-order valence-electron chi connectivity index (χ3n) is 3.35. The van der Waals surface area contributed by atoms with E-state index in [0.29, 0.717) is 6.54 Å². The molecule has 1 aromatic heterocycles. The van der Waals surface area contributed by atoms with E-state index < -0.39 is 9.84 Å². The number of nitrogens with one attached hydrogen (secondary N) is 1. The Morgan fingerprint density at radius 1 is 1.19 bits per heavy atom. The zero-order valence-corrected chi connectivity index (χ0v) is 13.4. The topological polar surface area (TPSA) is 59.3 Å². The quantitative estimate of drug-likeness (QED) is 0.891. The van der Waals surface area contributed by atoms with Gasteiger partial charge in [0.15, 0.2) is 0 Å². The van der Waals surface area contributed by atoms with Crippen LogP contribution in [0.4, 0.5) is 0 Å². The fourth-order valence-corrected chi connectivity index (χ4v) is 3.27. The molecule has 114 valence electrons. The standard InChI is InChI=1S/C16H21NO3S/c1-12-9-15(13(2)20-12)10-17-16(11-21(3,18)19)14-7-5-4-6-8-14/h4-9,16-17H,10-11H2,1-3H3/t16-/m1/s1. The van der Waals surface area contributed by atoms with Crippen LogP contribution in [0.5, 0.6) is 0 Å². The molecule has 4 nitrogen and oxygen atoms in total. The van der Waals surface area contributed by atoms with Gasteiger partial charge in [-0.3, -0.25) is 0 Å². The molecule has 0 spiro atoms. The van der Waals surface area contributed by atoms with Crippen LogP contribution in [0.3, 0.4) is 0 Å². The molecule has 0 fully saturated rings. The fourth-order valence-electron chi connectivity index (χ4n) is 2.35. The second-order valence-electron chi connectivity index (χ2n) is 5.38. The van der Waals surface area contributed by atoms with Gasteiger partial charge in [-0.2, -0.15) is 0 Å². The van der Waals surface area contributed by atoms with E-state index in [1.54, 1.807) is 0 Å². The average molecular weight is 307 g/mol. The van der Waals surface area contributed by atoms with E-state index in [2.05, 4.69) is 5.32 Å². The van der Waals surface area contributed by atoms with Crippen molar-refractivity contribution in [1.29, 1.82) is 0 Å². The van der Waals surface area contributed by atoms with Gasteiger partial charge in [0.1, 0.15) is 21.4 Å². The monoisotopic (exact) mass is 307 g/mol. The van der Waals surface area contributed by atoms with Crippen molar-refractivity contribution in [2.24, 2.45) is 0 Å². The Hall–Kier alpha value is -1.59. The summed E-state index contributed by atoms with van der Waals surface area (Å²) in [6, 6.07) is 11.4.